The minimum atomic E-state index is 0.0675. The maximum absolute atomic E-state index is 5.93. The number of hydrogen-bond donors (Lipinski definition) is 0. The van der Waals surface area contributed by atoms with Crippen LogP contribution in [0.25, 0.3) is 0 Å². The second-order valence-electron chi connectivity index (χ2n) is 4.99. The van der Waals surface area contributed by atoms with Gasteiger partial charge in [-0.3, -0.25) is 0 Å². The van der Waals surface area contributed by atoms with Crippen molar-refractivity contribution in [3.05, 3.63) is 64.3 Å². The van der Waals surface area contributed by atoms with Gasteiger partial charge in [-0.2, -0.15) is 0 Å². The van der Waals surface area contributed by atoms with Gasteiger partial charge in [0.2, 0.25) is 0 Å². The molecule has 2 nitrogen and oxygen atoms in total. The lowest BCUT2D eigenvalue weighted by Crippen LogP contribution is -2.00. The normalized spacial score (nSPS) is 22.3. The fraction of sp³-hybridized carbons (Fsp3) is 0.188. The standard InChI is InChI=1S/C16H12ClNOS/c1-9-8-12-13-6-7-14(19-13)15(12)16(18-9)20-11-4-2-10(17)3-5-11/h2-8,13-14H,1H3. The van der Waals surface area contributed by atoms with Gasteiger partial charge in [-0.25, -0.2) is 4.98 Å². The van der Waals surface area contributed by atoms with Crippen molar-refractivity contribution < 1.29 is 4.74 Å². The number of nitrogens with zero attached hydrogens (tertiary/aromatic N) is 1. The molecule has 0 saturated carbocycles. The molecular formula is C16H12ClNOS. The van der Waals surface area contributed by atoms with Crippen molar-refractivity contribution in [1.82, 2.24) is 4.98 Å². The molecule has 20 heavy (non-hydrogen) atoms. The Balaban J connectivity index is 1.76. The van der Waals surface area contributed by atoms with Crippen molar-refractivity contribution in [3.63, 3.8) is 0 Å². The maximum atomic E-state index is 5.93. The Hall–Kier alpha value is -1.29. The molecular weight excluding hydrogens is 290 g/mol. The predicted molar refractivity (Wildman–Crippen MR) is 80.3 cm³/mol. The zero-order valence-electron chi connectivity index (χ0n) is 10.8. The summed E-state index contributed by atoms with van der Waals surface area (Å²) in [6.07, 6.45) is 4.43. The van der Waals surface area contributed by atoms with Crippen molar-refractivity contribution in [2.24, 2.45) is 0 Å². The molecule has 0 radical (unpaired) electrons. The first kappa shape index (κ1) is 12.5. The van der Waals surface area contributed by atoms with E-state index in [2.05, 4.69) is 18.2 Å². The minimum absolute atomic E-state index is 0.0675. The van der Waals surface area contributed by atoms with Crippen LogP contribution in [0, 0.1) is 6.92 Å². The summed E-state index contributed by atoms with van der Waals surface area (Å²) >= 11 is 7.60. The van der Waals surface area contributed by atoms with Crippen LogP contribution in [0.5, 0.6) is 0 Å². The number of rotatable bonds is 2. The summed E-state index contributed by atoms with van der Waals surface area (Å²) in [6, 6.07) is 9.99. The largest absolute Gasteiger partial charge is 0.357 e. The predicted octanol–water partition coefficient (Wildman–Crippen LogP) is 4.88. The second kappa shape index (κ2) is 4.62. The number of aromatic nitrogens is 1. The van der Waals surface area contributed by atoms with Gasteiger partial charge in [0, 0.05) is 21.2 Å². The lowest BCUT2D eigenvalue weighted by molar-refractivity contribution is 0.0869. The van der Waals surface area contributed by atoms with E-state index in [0.29, 0.717) is 0 Å². The van der Waals surface area contributed by atoms with Gasteiger partial charge in [-0.1, -0.05) is 35.5 Å². The molecule has 4 rings (SSSR count). The first-order chi connectivity index (χ1) is 9.70. The Kier molecular flexibility index (Phi) is 2.88. The van der Waals surface area contributed by atoms with Gasteiger partial charge in [0.05, 0.1) is 0 Å². The monoisotopic (exact) mass is 301 g/mol. The molecule has 3 heterocycles. The summed E-state index contributed by atoms with van der Waals surface area (Å²) in [5.74, 6) is 0. The van der Waals surface area contributed by atoms with Gasteiger partial charge in [0.1, 0.15) is 17.2 Å². The molecule has 0 aliphatic carbocycles. The summed E-state index contributed by atoms with van der Waals surface area (Å²) < 4.78 is 5.91. The molecule has 2 aromatic rings. The fourth-order valence-corrected chi connectivity index (χ4v) is 3.84. The van der Waals surface area contributed by atoms with E-state index in [-0.39, 0.29) is 12.2 Å². The van der Waals surface area contributed by atoms with E-state index in [4.69, 9.17) is 21.3 Å². The minimum Gasteiger partial charge on any atom is -0.357 e. The molecule has 1 aromatic carbocycles. The molecule has 2 unspecified atom stereocenters. The Morgan fingerprint density at radius 3 is 2.70 bits per heavy atom. The molecule has 2 bridgehead atoms. The molecule has 0 saturated heterocycles. The third-order valence-corrected chi connectivity index (χ3v) is 4.82. The van der Waals surface area contributed by atoms with Crippen LogP contribution in [-0.2, 0) is 4.74 Å². The third-order valence-electron chi connectivity index (χ3n) is 3.56. The second-order valence-corrected chi connectivity index (χ2v) is 6.49. The van der Waals surface area contributed by atoms with Crippen LogP contribution in [0.4, 0.5) is 0 Å². The highest BCUT2D eigenvalue weighted by molar-refractivity contribution is 7.99. The quantitative estimate of drug-likeness (QED) is 0.738. The zero-order chi connectivity index (χ0) is 13.7. The van der Waals surface area contributed by atoms with Crippen LogP contribution < -0.4 is 0 Å². The number of halogens is 1. The van der Waals surface area contributed by atoms with E-state index in [1.807, 2.05) is 31.2 Å². The lowest BCUT2D eigenvalue weighted by atomic mass is 9.98. The Labute approximate surface area is 126 Å². The molecule has 2 atom stereocenters. The van der Waals surface area contributed by atoms with E-state index < -0.39 is 0 Å². The van der Waals surface area contributed by atoms with Crippen molar-refractivity contribution in [2.75, 3.05) is 0 Å². The van der Waals surface area contributed by atoms with E-state index >= 15 is 0 Å². The van der Waals surface area contributed by atoms with Gasteiger partial charge < -0.3 is 4.74 Å². The molecule has 0 N–H and O–H groups in total. The van der Waals surface area contributed by atoms with Gasteiger partial charge in [-0.15, -0.1) is 0 Å². The van der Waals surface area contributed by atoms with Crippen LogP contribution in [0.1, 0.15) is 29.0 Å². The van der Waals surface area contributed by atoms with E-state index in [1.165, 1.54) is 11.1 Å². The average Bonchev–Trinajstić information content (AvgIpc) is 3.02. The van der Waals surface area contributed by atoms with Crippen molar-refractivity contribution in [1.29, 1.82) is 0 Å². The molecule has 0 fully saturated rings. The summed E-state index contributed by atoms with van der Waals surface area (Å²) in [4.78, 5) is 5.84. The van der Waals surface area contributed by atoms with Crippen LogP contribution in [-0.4, -0.2) is 4.98 Å². The molecule has 0 spiro atoms. The molecule has 2 aliphatic rings. The zero-order valence-corrected chi connectivity index (χ0v) is 12.4. The van der Waals surface area contributed by atoms with Gasteiger partial charge in [0.25, 0.3) is 0 Å². The first-order valence-corrected chi connectivity index (χ1v) is 7.69. The van der Waals surface area contributed by atoms with Crippen LogP contribution in [0.2, 0.25) is 5.02 Å². The van der Waals surface area contributed by atoms with Crippen LogP contribution >= 0.6 is 23.4 Å². The number of aryl methyl sites for hydroxylation is 1. The number of ether oxygens (including phenoxy) is 1. The number of pyridine rings is 1. The number of benzene rings is 1. The molecule has 0 amide bonds. The summed E-state index contributed by atoms with van der Waals surface area (Å²) in [7, 11) is 0. The molecule has 4 heteroatoms. The van der Waals surface area contributed by atoms with E-state index in [1.54, 1.807) is 11.8 Å². The Bertz CT molecular complexity index is 711. The van der Waals surface area contributed by atoms with Gasteiger partial charge >= 0.3 is 0 Å². The Morgan fingerprint density at radius 2 is 1.90 bits per heavy atom. The smallest absolute Gasteiger partial charge is 0.108 e. The average molecular weight is 302 g/mol. The summed E-state index contributed by atoms with van der Waals surface area (Å²) in [6.45, 7) is 2.03. The molecule has 1 aromatic heterocycles. The van der Waals surface area contributed by atoms with Gasteiger partial charge in [-0.05, 0) is 42.8 Å². The highest BCUT2D eigenvalue weighted by Crippen LogP contribution is 2.49. The van der Waals surface area contributed by atoms with Crippen molar-refractivity contribution in [2.45, 2.75) is 29.1 Å². The first-order valence-electron chi connectivity index (χ1n) is 6.49. The topological polar surface area (TPSA) is 22.1 Å². The van der Waals surface area contributed by atoms with Crippen LogP contribution in [0.15, 0.2) is 52.4 Å². The molecule has 2 aliphatic heterocycles. The summed E-state index contributed by atoms with van der Waals surface area (Å²) in [5, 5.41) is 1.79. The van der Waals surface area contributed by atoms with E-state index in [0.717, 1.165) is 20.6 Å². The van der Waals surface area contributed by atoms with Crippen molar-refractivity contribution in [3.8, 4) is 0 Å². The van der Waals surface area contributed by atoms with E-state index in [9.17, 15) is 0 Å². The highest BCUT2D eigenvalue weighted by atomic mass is 35.5. The van der Waals surface area contributed by atoms with Crippen molar-refractivity contribution >= 4 is 23.4 Å². The maximum Gasteiger partial charge on any atom is 0.108 e. The third kappa shape index (κ3) is 1.97. The number of fused-ring (bicyclic) bond motifs is 5. The van der Waals surface area contributed by atoms with Gasteiger partial charge in [0.15, 0.2) is 0 Å². The highest BCUT2D eigenvalue weighted by Gasteiger charge is 2.36. The Morgan fingerprint density at radius 1 is 1.15 bits per heavy atom. The molecule has 100 valence electrons. The SMILES string of the molecule is Cc1cc2c(c(Sc3ccc(Cl)cc3)n1)C1C=CC2O1. The lowest BCUT2D eigenvalue weighted by Gasteiger charge is -2.13. The fourth-order valence-electron chi connectivity index (χ4n) is 2.68. The number of hydrogen-bond acceptors (Lipinski definition) is 3. The van der Waals surface area contributed by atoms with Crippen LogP contribution in [0.3, 0.4) is 0 Å². The summed E-state index contributed by atoms with van der Waals surface area (Å²) in [5.41, 5.74) is 3.52.